The van der Waals surface area contributed by atoms with Crippen LogP contribution < -0.4 is 0 Å². The van der Waals surface area contributed by atoms with Crippen molar-refractivity contribution in [3.8, 4) is 6.07 Å². The summed E-state index contributed by atoms with van der Waals surface area (Å²) in [5, 5.41) is 17.4. The molecule has 0 saturated carbocycles. The standard InChI is InChI=1S/C12H15N3O4S2/c13-9-10-1-2-12(20-10)21(18,19)15-7-5-14(6-8-15)4-3-11(16)17/h1-2H,3-8H2,(H,16,17). The highest BCUT2D eigenvalue weighted by Gasteiger charge is 2.29. The number of hydrogen-bond donors (Lipinski definition) is 1. The summed E-state index contributed by atoms with van der Waals surface area (Å²) in [6.45, 7) is 2.14. The maximum atomic E-state index is 12.4. The normalized spacial score (nSPS) is 17.5. The molecule has 1 fully saturated rings. The molecule has 2 rings (SSSR count). The number of rotatable bonds is 5. The first-order chi connectivity index (χ1) is 9.93. The highest BCUT2D eigenvalue weighted by molar-refractivity contribution is 7.91. The Balaban J connectivity index is 1.98. The molecule has 7 nitrogen and oxygen atoms in total. The fourth-order valence-corrected chi connectivity index (χ4v) is 4.77. The molecular formula is C12H15N3O4S2. The van der Waals surface area contributed by atoms with E-state index in [1.807, 2.05) is 11.0 Å². The molecule has 1 N–H and O–H groups in total. The van der Waals surface area contributed by atoms with Gasteiger partial charge in [0.25, 0.3) is 10.0 Å². The first kappa shape index (κ1) is 15.9. The van der Waals surface area contributed by atoms with E-state index >= 15 is 0 Å². The predicted octanol–water partition coefficient (Wildman–Crippen LogP) is 0.401. The van der Waals surface area contributed by atoms with Gasteiger partial charge in [-0.15, -0.1) is 11.3 Å². The summed E-state index contributed by atoms with van der Waals surface area (Å²) in [4.78, 5) is 12.8. The van der Waals surface area contributed by atoms with Gasteiger partial charge in [0, 0.05) is 32.7 Å². The van der Waals surface area contributed by atoms with Crippen LogP contribution in [0.15, 0.2) is 16.3 Å². The number of piperazine rings is 1. The Morgan fingerprint density at radius 2 is 2.00 bits per heavy atom. The number of carbonyl (C=O) groups is 1. The maximum Gasteiger partial charge on any atom is 0.304 e. The molecule has 0 bridgehead atoms. The lowest BCUT2D eigenvalue weighted by Crippen LogP contribution is -2.48. The Labute approximate surface area is 127 Å². The topological polar surface area (TPSA) is 102 Å². The van der Waals surface area contributed by atoms with Gasteiger partial charge in [-0.05, 0) is 12.1 Å². The zero-order valence-electron chi connectivity index (χ0n) is 11.2. The van der Waals surface area contributed by atoms with E-state index in [0.29, 0.717) is 37.6 Å². The lowest BCUT2D eigenvalue weighted by atomic mass is 10.3. The number of nitriles is 1. The molecule has 0 aromatic carbocycles. The molecular weight excluding hydrogens is 314 g/mol. The molecule has 114 valence electrons. The van der Waals surface area contributed by atoms with E-state index in [4.69, 9.17) is 10.4 Å². The lowest BCUT2D eigenvalue weighted by molar-refractivity contribution is -0.137. The third-order valence-corrected chi connectivity index (χ3v) is 6.61. The van der Waals surface area contributed by atoms with Crippen molar-refractivity contribution in [1.82, 2.24) is 9.21 Å². The molecule has 1 aliphatic rings. The van der Waals surface area contributed by atoms with Gasteiger partial charge in [0.15, 0.2) is 0 Å². The molecule has 0 amide bonds. The molecule has 0 radical (unpaired) electrons. The first-order valence-corrected chi connectivity index (χ1v) is 8.63. The molecule has 1 saturated heterocycles. The van der Waals surface area contributed by atoms with E-state index in [1.165, 1.54) is 16.4 Å². The third-order valence-electron chi connectivity index (χ3n) is 3.26. The second-order valence-electron chi connectivity index (χ2n) is 4.62. The first-order valence-electron chi connectivity index (χ1n) is 6.37. The predicted molar refractivity (Wildman–Crippen MR) is 76.5 cm³/mol. The average Bonchev–Trinajstić information content (AvgIpc) is 2.95. The van der Waals surface area contributed by atoms with E-state index < -0.39 is 16.0 Å². The number of thiophene rings is 1. The quantitative estimate of drug-likeness (QED) is 0.839. The van der Waals surface area contributed by atoms with Crippen molar-refractivity contribution in [2.24, 2.45) is 0 Å². The number of carboxylic acid groups (broad SMARTS) is 1. The second kappa shape index (κ2) is 6.53. The zero-order chi connectivity index (χ0) is 15.5. The van der Waals surface area contributed by atoms with Gasteiger partial charge in [-0.2, -0.15) is 9.57 Å². The Bertz CT molecular complexity index is 654. The summed E-state index contributed by atoms with van der Waals surface area (Å²) < 4.78 is 26.4. The van der Waals surface area contributed by atoms with Crippen LogP contribution in [0.1, 0.15) is 11.3 Å². The van der Waals surface area contributed by atoms with Crippen molar-refractivity contribution in [2.75, 3.05) is 32.7 Å². The smallest absolute Gasteiger partial charge is 0.304 e. The van der Waals surface area contributed by atoms with Gasteiger partial charge < -0.3 is 10.0 Å². The van der Waals surface area contributed by atoms with Crippen LogP contribution in [-0.4, -0.2) is 61.4 Å². The van der Waals surface area contributed by atoms with Crippen molar-refractivity contribution < 1.29 is 18.3 Å². The van der Waals surface area contributed by atoms with Crippen LogP contribution in [0.5, 0.6) is 0 Å². The van der Waals surface area contributed by atoms with Gasteiger partial charge in [-0.3, -0.25) is 4.79 Å². The van der Waals surface area contributed by atoms with Gasteiger partial charge in [-0.1, -0.05) is 0 Å². The fraction of sp³-hybridized carbons (Fsp3) is 0.500. The van der Waals surface area contributed by atoms with E-state index in [9.17, 15) is 13.2 Å². The van der Waals surface area contributed by atoms with Crippen LogP contribution in [-0.2, 0) is 14.8 Å². The average molecular weight is 329 g/mol. The van der Waals surface area contributed by atoms with Gasteiger partial charge in [0.2, 0.25) is 0 Å². The molecule has 0 aliphatic carbocycles. The molecule has 0 atom stereocenters. The van der Waals surface area contributed by atoms with Crippen LogP contribution in [0.2, 0.25) is 0 Å². The summed E-state index contributed by atoms with van der Waals surface area (Å²) >= 11 is 0.966. The van der Waals surface area contributed by atoms with E-state index in [2.05, 4.69) is 0 Å². The number of hydrogen-bond acceptors (Lipinski definition) is 6. The Hall–Kier alpha value is -1.47. The van der Waals surface area contributed by atoms with E-state index in [0.717, 1.165) is 11.3 Å². The SMILES string of the molecule is N#Cc1ccc(S(=O)(=O)N2CCN(CCC(=O)O)CC2)s1. The number of sulfonamides is 1. The maximum absolute atomic E-state index is 12.4. The lowest BCUT2D eigenvalue weighted by Gasteiger charge is -2.33. The summed E-state index contributed by atoms with van der Waals surface area (Å²) in [6.07, 6.45) is 0.0587. The summed E-state index contributed by atoms with van der Waals surface area (Å²) in [6, 6.07) is 4.88. The Morgan fingerprint density at radius 1 is 1.33 bits per heavy atom. The largest absolute Gasteiger partial charge is 0.481 e. The van der Waals surface area contributed by atoms with Crippen LogP contribution in [0, 0.1) is 11.3 Å². The molecule has 1 aromatic rings. The van der Waals surface area contributed by atoms with Crippen molar-refractivity contribution >= 4 is 27.3 Å². The van der Waals surface area contributed by atoms with Crippen LogP contribution >= 0.6 is 11.3 Å². The Kier molecular flexibility index (Phi) is 4.95. The van der Waals surface area contributed by atoms with E-state index in [-0.39, 0.29) is 10.6 Å². The minimum absolute atomic E-state index is 0.0587. The van der Waals surface area contributed by atoms with Gasteiger partial charge in [0.05, 0.1) is 6.42 Å². The van der Waals surface area contributed by atoms with Crippen LogP contribution in [0.4, 0.5) is 0 Å². The number of aliphatic carboxylic acids is 1. The molecule has 0 unspecified atom stereocenters. The third kappa shape index (κ3) is 3.79. The molecule has 21 heavy (non-hydrogen) atoms. The molecule has 1 aliphatic heterocycles. The van der Waals surface area contributed by atoms with Gasteiger partial charge >= 0.3 is 5.97 Å². The number of carboxylic acids is 1. The monoisotopic (exact) mass is 329 g/mol. The van der Waals surface area contributed by atoms with Crippen molar-refractivity contribution in [2.45, 2.75) is 10.6 Å². The second-order valence-corrected chi connectivity index (χ2v) is 7.87. The molecule has 9 heteroatoms. The summed E-state index contributed by atoms with van der Waals surface area (Å²) in [5.41, 5.74) is 0. The van der Waals surface area contributed by atoms with E-state index in [1.54, 1.807) is 0 Å². The summed E-state index contributed by atoms with van der Waals surface area (Å²) in [7, 11) is -3.55. The fourth-order valence-electron chi connectivity index (χ4n) is 2.09. The van der Waals surface area contributed by atoms with Crippen LogP contribution in [0.3, 0.4) is 0 Å². The Morgan fingerprint density at radius 3 is 2.52 bits per heavy atom. The highest BCUT2D eigenvalue weighted by Crippen LogP contribution is 2.25. The van der Waals surface area contributed by atoms with Crippen molar-refractivity contribution in [3.05, 3.63) is 17.0 Å². The minimum Gasteiger partial charge on any atom is -0.481 e. The minimum atomic E-state index is -3.55. The molecule has 1 aromatic heterocycles. The van der Waals surface area contributed by atoms with Gasteiger partial charge in [0.1, 0.15) is 15.2 Å². The van der Waals surface area contributed by atoms with Crippen molar-refractivity contribution in [1.29, 1.82) is 5.26 Å². The molecule has 2 heterocycles. The zero-order valence-corrected chi connectivity index (χ0v) is 12.9. The summed E-state index contributed by atoms with van der Waals surface area (Å²) in [5.74, 6) is -0.854. The number of nitrogens with zero attached hydrogens (tertiary/aromatic N) is 3. The van der Waals surface area contributed by atoms with Gasteiger partial charge in [-0.25, -0.2) is 8.42 Å². The highest BCUT2D eigenvalue weighted by atomic mass is 32.2. The van der Waals surface area contributed by atoms with Crippen molar-refractivity contribution in [3.63, 3.8) is 0 Å². The molecule has 0 spiro atoms. The van der Waals surface area contributed by atoms with Crippen LogP contribution in [0.25, 0.3) is 0 Å².